The summed E-state index contributed by atoms with van der Waals surface area (Å²) in [6.45, 7) is 5.59. The second kappa shape index (κ2) is 10.5. The Hall–Kier alpha value is -1.31. The zero-order valence-electron chi connectivity index (χ0n) is 14.5. The lowest BCUT2D eigenvalue weighted by atomic mass is 9.85. The predicted molar refractivity (Wildman–Crippen MR) is 111 cm³/mol. The molecule has 1 aromatic rings. The van der Waals surface area contributed by atoms with E-state index >= 15 is 0 Å². The van der Waals surface area contributed by atoms with Gasteiger partial charge in [0.25, 0.3) is 0 Å². The van der Waals surface area contributed by atoms with Crippen molar-refractivity contribution in [1.82, 2.24) is 5.32 Å². The van der Waals surface area contributed by atoms with Crippen LogP contribution in [0.3, 0.4) is 0 Å². The Morgan fingerprint density at radius 1 is 1.38 bits per heavy atom. The van der Waals surface area contributed by atoms with Gasteiger partial charge in [0.1, 0.15) is 0 Å². The van der Waals surface area contributed by atoms with Crippen molar-refractivity contribution < 1.29 is 4.79 Å². The first kappa shape index (κ1) is 20.7. The van der Waals surface area contributed by atoms with Gasteiger partial charge in [-0.05, 0) is 42.9 Å². The van der Waals surface area contributed by atoms with Gasteiger partial charge in [0.05, 0.1) is 0 Å². The molecule has 0 heterocycles. The zero-order valence-corrected chi connectivity index (χ0v) is 16.9. The quantitative estimate of drug-likeness (QED) is 0.261. The molecule has 6 heteroatoms. The van der Waals surface area contributed by atoms with E-state index in [1.54, 1.807) is 0 Å². The van der Waals surface area contributed by atoms with Crippen LogP contribution >= 0.6 is 24.0 Å². The van der Waals surface area contributed by atoms with Crippen LogP contribution in [0.1, 0.15) is 51.0 Å². The molecule has 1 amide bonds. The summed E-state index contributed by atoms with van der Waals surface area (Å²) >= 11 is 0. The van der Waals surface area contributed by atoms with E-state index in [9.17, 15) is 4.79 Å². The van der Waals surface area contributed by atoms with Crippen LogP contribution < -0.4 is 16.4 Å². The Morgan fingerprint density at radius 2 is 2.12 bits per heavy atom. The summed E-state index contributed by atoms with van der Waals surface area (Å²) in [5.41, 5.74) is 8.12. The van der Waals surface area contributed by atoms with Gasteiger partial charge in [-0.2, -0.15) is 0 Å². The average molecular weight is 444 g/mol. The number of halogens is 1. The zero-order chi connectivity index (χ0) is 16.7. The highest BCUT2D eigenvalue weighted by atomic mass is 127. The Balaban J connectivity index is 0.00000288. The first-order chi connectivity index (χ1) is 11.1. The largest absolute Gasteiger partial charge is 0.370 e. The Labute approximate surface area is 161 Å². The Morgan fingerprint density at radius 3 is 2.75 bits per heavy atom. The van der Waals surface area contributed by atoms with E-state index in [4.69, 9.17) is 5.73 Å². The SMILES string of the molecule is CC(C)c1cccc(NC(N)=NCCCNC(=O)C2CCC2)c1.I. The number of carbonyl (C=O) groups excluding carboxylic acids is 1. The van der Waals surface area contributed by atoms with E-state index in [-0.39, 0.29) is 35.8 Å². The smallest absolute Gasteiger partial charge is 0.223 e. The number of aliphatic imine (C=N–C) groups is 1. The summed E-state index contributed by atoms with van der Waals surface area (Å²) in [4.78, 5) is 16.0. The molecular weight excluding hydrogens is 415 g/mol. The van der Waals surface area contributed by atoms with Gasteiger partial charge in [0, 0.05) is 24.7 Å². The van der Waals surface area contributed by atoms with Crippen molar-refractivity contribution in [1.29, 1.82) is 0 Å². The Kier molecular flexibility index (Phi) is 9.10. The van der Waals surface area contributed by atoms with E-state index in [1.165, 1.54) is 12.0 Å². The van der Waals surface area contributed by atoms with Crippen molar-refractivity contribution in [2.24, 2.45) is 16.6 Å². The maximum absolute atomic E-state index is 11.7. The molecule has 0 saturated heterocycles. The number of nitrogens with one attached hydrogen (secondary N) is 2. The second-order valence-electron chi connectivity index (χ2n) is 6.44. The summed E-state index contributed by atoms with van der Waals surface area (Å²) in [5.74, 6) is 1.33. The van der Waals surface area contributed by atoms with Crippen molar-refractivity contribution in [3.63, 3.8) is 0 Å². The molecule has 0 aromatic heterocycles. The third kappa shape index (κ3) is 6.67. The third-order valence-corrected chi connectivity index (χ3v) is 4.22. The lowest BCUT2D eigenvalue weighted by Gasteiger charge is -2.23. The van der Waals surface area contributed by atoms with Gasteiger partial charge in [-0.3, -0.25) is 9.79 Å². The number of hydrogen-bond donors (Lipinski definition) is 3. The van der Waals surface area contributed by atoms with Gasteiger partial charge in [0.2, 0.25) is 5.91 Å². The minimum atomic E-state index is 0. The van der Waals surface area contributed by atoms with Gasteiger partial charge >= 0.3 is 0 Å². The number of benzene rings is 1. The second-order valence-corrected chi connectivity index (χ2v) is 6.44. The van der Waals surface area contributed by atoms with Gasteiger partial charge in [-0.1, -0.05) is 32.4 Å². The fraction of sp³-hybridized carbons (Fsp3) is 0.556. The number of hydrogen-bond acceptors (Lipinski definition) is 2. The van der Waals surface area contributed by atoms with Crippen LogP contribution in [0.4, 0.5) is 5.69 Å². The molecule has 1 aliphatic carbocycles. The van der Waals surface area contributed by atoms with E-state index in [2.05, 4.69) is 41.6 Å². The molecule has 0 spiro atoms. The number of nitrogens with two attached hydrogens (primary N) is 1. The average Bonchev–Trinajstić information content (AvgIpc) is 2.45. The summed E-state index contributed by atoms with van der Waals surface area (Å²) in [5, 5.41) is 6.07. The fourth-order valence-corrected chi connectivity index (χ4v) is 2.47. The minimum absolute atomic E-state index is 0. The molecular formula is C18H29IN4O. The third-order valence-electron chi connectivity index (χ3n) is 4.22. The van der Waals surface area contributed by atoms with Crippen LogP contribution in [0.5, 0.6) is 0 Å². The van der Waals surface area contributed by atoms with E-state index in [0.717, 1.165) is 24.9 Å². The van der Waals surface area contributed by atoms with Crippen LogP contribution in [0.15, 0.2) is 29.3 Å². The first-order valence-electron chi connectivity index (χ1n) is 8.51. The molecule has 0 bridgehead atoms. The summed E-state index contributed by atoms with van der Waals surface area (Å²) in [6.07, 6.45) is 4.06. The molecule has 4 N–H and O–H groups in total. The number of guanidine groups is 1. The highest BCUT2D eigenvalue weighted by Gasteiger charge is 2.24. The van der Waals surface area contributed by atoms with Crippen molar-refractivity contribution in [2.75, 3.05) is 18.4 Å². The molecule has 0 unspecified atom stereocenters. The van der Waals surface area contributed by atoms with Crippen LogP contribution in [0.2, 0.25) is 0 Å². The minimum Gasteiger partial charge on any atom is -0.370 e. The molecule has 5 nitrogen and oxygen atoms in total. The number of carbonyl (C=O) groups is 1. The van der Waals surface area contributed by atoms with Gasteiger partial charge in [-0.25, -0.2) is 0 Å². The molecule has 134 valence electrons. The van der Waals surface area contributed by atoms with Crippen LogP contribution in [0, 0.1) is 5.92 Å². The maximum Gasteiger partial charge on any atom is 0.223 e. The van der Waals surface area contributed by atoms with E-state index < -0.39 is 0 Å². The van der Waals surface area contributed by atoms with E-state index in [0.29, 0.717) is 25.0 Å². The van der Waals surface area contributed by atoms with Crippen molar-refractivity contribution in [3.05, 3.63) is 29.8 Å². The predicted octanol–water partition coefficient (Wildman–Crippen LogP) is 3.46. The van der Waals surface area contributed by atoms with Gasteiger partial charge in [-0.15, -0.1) is 24.0 Å². The molecule has 1 fully saturated rings. The fourth-order valence-electron chi connectivity index (χ4n) is 2.47. The normalized spacial score (nSPS) is 14.7. The lowest BCUT2D eigenvalue weighted by Crippen LogP contribution is -2.35. The molecule has 24 heavy (non-hydrogen) atoms. The van der Waals surface area contributed by atoms with Crippen molar-refractivity contribution >= 4 is 41.5 Å². The van der Waals surface area contributed by atoms with Crippen molar-refractivity contribution in [3.8, 4) is 0 Å². The Bertz CT molecular complexity index is 556. The number of anilines is 1. The van der Waals surface area contributed by atoms with Crippen LogP contribution in [-0.4, -0.2) is 25.0 Å². The molecule has 1 aliphatic rings. The number of amides is 1. The topological polar surface area (TPSA) is 79.5 Å². The monoisotopic (exact) mass is 444 g/mol. The summed E-state index contributed by atoms with van der Waals surface area (Å²) < 4.78 is 0. The summed E-state index contributed by atoms with van der Waals surface area (Å²) in [6, 6.07) is 8.19. The van der Waals surface area contributed by atoms with Crippen LogP contribution in [0.25, 0.3) is 0 Å². The standard InChI is InChI=1S/C18H28N4O.HI/c1-13(2)15-8-4-9-16(12-15)22-18(19)21-11-5-10-20-17(23)14-6-3-7-14;/h4,8-9,12-14H,3,5-7,10-11H2,1-2H3,(H,20,23)(H3,19,21,22);1H. The molecule has 1 saturated carbocycles. The van der Waals surface area contributed by atoms with Crippen LogP contribution in [-0.2, 0) is 4.79 Å². The molecule has 0 aliphatic heterocycles. The first-order valence-corrected chi connectivity index (χ1v) is 8.51. The maximum atomic E-state index is 11.7. The molecule has 1 aromatic carbocycles. The highest BCUT2D eigenvalue weighted by molar-refractivity contribution is 14.0. The van der Waals surface area contributed by atoms with Gasteiger partial charge in [0.15, 0.2) is 5.96 Å². The molecule has 0 atom stereocenters. The molecule has 2 rings (SSSR count). The number of nitrogens with zero attached hydrogens (tertiary/aromatic N) is 1. The summed E-state index contributed by atoms with van der Waals surface area (Å²) in [7, 11) is 0. The van der Waals surface area contributed by atoms with E-state index in [1.807, 2.05) is 12.1 Å². The molecule has 0 radical (unpaired) electrons. The lowest BCUT2D eigenvalue weighted by molar-refractivity contribution is -0.127. The van der Waals surface area contributed by atoms with Gasteiger partial charge < -0.3 is 16.4 Å². The number of rotatable bonds is 7. The highest BCUT2D eigenvalue weighted by Crippen LogP contribution is 2.26. The van der Waals surface area contributed by atoms with Crippen molar-refractivity contribution in [2.45, 2.75) is 45.4 Å².